The highest BCUT2D eigenvalue weighted by Gasteiger charge is 2.40. The molecule has 0 saturated heterocycles. The molecule has 0 fully saturated rings. The van der Waals surface area contributed by atoms with Gasteiger partial charge in [0.1, 0.15) is 23.0 Å². The molecule has 2 aromatic heterocycles. The van der Waals surface area contributed by atoms with Crippen LogP contribution in [0, 0.1) is 0 Å². The van der Waals surface area contributed by atoms with E-state index in [4.69, 9.17) is 24.1 Å². The highest BCUT2D eigenvalue weighted by molar-refractivity contribution is 6.05. The van der Waals surface area contributed by atoms with Crippen LogP contribution in [0.4, 0.5) is 0 Å². The van der Waals surface area contributed by atoms with Crippen LogP contribution in [0.5, 0.6) is 5.75 Å². The van der Waals surface area contributed by atoms with Crippen molar-refractivity contribution < 1.29 is 9.15 Å². The number of aromatic nitrogens is 3. The van der Waals surface area contributed by atoms with Gasteiger partial charge in [-0.3, -0.25) is 0 Å². The first-order chi connectivity index (χ1) is 23.7. The van der Waals surface area contributed by atoms with E-state index in [2.05, 4.69) is 84.9 Å². The molecule has 5 heteroatoms. The zero-order valence-corrected chi connectivity index (χ0v) is 25.7. The van der Waals surface area contributed by atoms with Crippen LogP contribution in [0.25, 0.3) is 66.6 Å². The van der Waals surface area contributed by atoms with Crippen LogP contribution in [-0.2, 0) is 0 Å². The molecule has 10 rings (SSSR count). The molecule has 226 valence electrons. The average molecular weight is 618 g/mol. The molecule has 2 atom stereocenters. The third-order valence-electron chi connectivity index (χ3n) is 9.48. The minimum Gasteiger partial charge on any atom is -0.485 e. The maximum absolute atomic E-state index is 6.61. The van der Waals surface area contributed by atoms with Crippen molar-refractivity contribution >= 4 is 43.9 Å². The summed E-state index contributed by atoms with van der Waals surface area (Å²) in [5, 5.41) is 4.56. The molecule has 0 spiro atoms. The molecule has 0 bridgehead atoms. The number of rotatable bonds is 4. The van der Waals surface area contributed by atoms with Gasteiger partial charge in [-0.15, -0.1) is 0 Å². The molecule has 1 aliphatic heterocycles. The average Bonchev–Trinajstić information content (AvgIpc) is 3.72. The fraction of sp³-hybridized carbons (Fsp3) is 0.0465. The molecular formula is C43H27N3O2. The lowest BCUT2D eigenvalue weighted by molar-refractivity contribution is 0.272. The van der Waals surface area contributed by atoms with Gasteiger partial charge in [0.05, 0.1) is 5.92 Å². The van der Waals surface area contributed by atoms with E-state index in [1.54, 1.807) is 0 Å². The zero-order chi connectivity index (χ0) is 31.6. The van der Waals surface area contributed by atoms with Crippen LogP contribution in [0.2, 0.25) is 0 Å². The van der Waals surface area contributed by atoms with Gasteiger partial charge < -0.3 is 9.15 Å². The fourth-order valence-electron chi connectivity index (χ4n) is 7.16. The summed E-state index contributed by atoms with van der Waals surface area (Å²) in [6.45, 7) is 0. The van der Waals surface area contributed by atoms with Crippen molar-refractivity contribution in [3.8, 4) is 28.5 Å². The van der Waals surface area contributed by atoms with E-state index in [0.717, 1.165) is 61.1 Å². The summed E-state index contributed by atoms with van der Waals surface area (Å²) in [5.74, 6) is 2.66. The van der Waals surface area contributed by atoms with Gasteiger partial charge in [-0.25, -0.2) is 15.0 Å². The van der Waals surface area contributed by atoms with Crippen molar-refractivity contribution in [3.05, 3.63) is 169 Å². The van der Waals surface area contributed by atoms with E-state index >= 15 is 0 Å². The Hall–Kier alpha value is -6.33. The number of fused-ring (bicyclic) bond motifs is 7. The normalized spacial score (nSPS) is 16.8. The molecule has 5 nitrogen and oxygen atoms in total. The second-order valence-corrected chi connectivity index (χ2v) is 12.4. The summed E-state index contributed by atoms with van der Waals surface area (Å²) in [4.78, 5) is 15.4. The molecule has 0 radical (unpaired) electrons. The van der Waals surface area contributed by atoms with Gasteiger partial charge in [-0.1, -0.05) is 109 Å². The lowest BCUT2D eigenvalue weighted by Gasteiger charge is -2.25. The topological polar surface area (TPSA) is 61.0 Å². The van der Waals surface area contributed by atoms with E-state index in [0.29, 0.717) is 17.5 Å². The van der Waals surface area contributed by atoms with Crippen LogP contribution in [0.15, 0.2) is 156 Å². The summed E-state index contributed by atoms with van der Waals surface area (Å²) in [7, 11) is 0. The van der Waals surface area contributed by atoms with Gasteiger partial charge in [0.2, 0.25) is 0 Å². The lowest BCUT2D eigenvalue weighted by atomic mass is 9.80. The first kappa shape index (κ1) is 26.8. The number of benzene rings is 6. The minimum absolute atomic E-state index is 0.0675. The molecular weight excluding hydrogens is 590 g/mol. The molecule has 2 unspecified atom stereocenters. The Balaban J connectivity index is 1.18. The first-order valence-corrected chi connectivity index (χ1v) is 16.2. The largest absolute Gasteiger partial charge is 0.485 e. The molecule has 48 heavy (non-hydrogen) atoms. The number of hydrogen-bond donors (Lipinski definition) is 0. The van der Waals surface area contributed by atoms with Crippen molar-refractivity contribution in [2.75, 3.05) is 0 Å². The van der Waals surface area contributed by atoms with Gasteiger partial charge in [0.15, 0.2) is 17.5 Å². The van der Waals surface area contributed by atoms with Crippen LogP contribution < -0.4 is 4.74 Å². The van der Waals surface area contributed by atoms with E-state index in [1.807, 2.05) is 66.7 Å². The predicted octanol–water partition coefficient (Wildman–Crippen LogP) is 10.3. The number of allylic oxidation sites excluding steroid dienone is 2. The second kappa shape index (κ2) is 10.6. The molecule has 6 aromatic carbocycles. The Bertz CT molecular complexity index is 2620. The van der Waals surface area contributed by atoms with Gasteiger partial charge in [0, 0.05) is 33.0 Å². The van der Waals surface area contributed by atoms with Crippen molar-refractivity contribution in [2.45, 2.75) is 12.0 Å². The van der Waals surface area contributed by atoms with Crippen LogP contribution in [-0.4, -0.2) is 21.1 Å². The smallest absolute Gasteiger partial charge is 0.164 e. The van der Waals surface area contributed by atoms with Crippen molar-refractivity contribution in [1.29, 1.82) is 0 Å². The number of furan rings is 1. The number of nitrogens with zero attached hydrogens (tertiary/aromatic N) is 3. The third-order valence-corrected chi connectivity index (χ3v) is 9.48. The fourth-order valence-corrected chi connectivity index (χ4v) is 7.16. The Labute approximate surface area is 276 Å². The van der Waals surface area contributed by atoms with E-state index in [-0.39, 0.29) is 12.0 Å². The molecule has 0 amide bonds. The predicted molar refractivity (Wildman–Crippen MR) is 191 cm³/mol. The Morgan fingerprint density at radius 1 is 0.500 bits per heavy atom. The van der Waals surface area contributed by atoms with Gasteiger partial charge >= 0.3 is 0 Å². The first-order valence-electron chi connectivity index (χ1n) is 16.2. The summed E-state index contributed by atoms with van der Waals surface area (Å²) in [5.41, 5.74) is 7.78. The highest BCUT2D eigenvalue weighted by atomic mass is 16.5. The Morgan fingerprint density at radius 3 is 2.12 bits per heavy atom. The monoisotopic (exact) mass is 617 g/mol. The highest BCUT2D eigenvalue weighted by Crippen LogP contribution is 2.49. The number of ether oxygens (including phenoxy) is 1. The van der Waals surface area contributed by atoms with E-state index in [1.165, 1.54) is 10.8 Å². The molecule has 0 N–H and O–H groups in total. The van der Waals surface area contributed by atoms with Crippen molar-refractivity contribution in [3.63, 3.8) is 0 Å². The summed E-state index contributed by atoms with van der Waals surface area (Å²) in [6.07, 6.45) is 4.29. The molecule has 0 saturated carbocycles. The quantitative estimate of drug-likeness (QED) is 0.197. The third kappa shape index (κ3) is 4.36. The Morgan fingerprint density at radius 2 is 1.21 bits per heavy atom. The maximum atomic E-state index is 6.61. The van der Waals surface area contributed by atoms with Crippen LogP contribution in [0.1, 0.15) is 22.9 Å². The summed E-state index contributed by atoms with van der Waals surface area (Å²) < 4.78 is 12.9. The summed E-state index contributed by atoms with van der Waals surface area (Å²) >= 11 is 0. The maximum Gasteiger partial charge on any atom is 0.164 e. The van der Waals surface area contributed by atoms with Crippen LogP contribution >= 0.6 is 0 Å². The molecule has 2 aliphatic rings. The zero-order valence-electron chi connectivity index (χ0n) is 25.7. The van der Waals surface area contributed by atoms with Gasteiger partial charge in [-0.2, -0.15) is 0 Å². The SMILES string of the molecule is C1=C(c2ccc3ccccc3c2)C=C(c2nc(-c3ccccc3)nc(-c3ccc4c(c3)oc3ccccc34)n2)C2c3ccccc3OC12. The number of para-hydroxylation sites is 2. The van der Waals surface area contributed by atoms with E-state index < -0.39 is 0 Å². The van der Waals surface area contributed by atoms with E-state index in [9.17, 15) is 0 Å². The van der Waals surface area contributed by atoms with Crippen molar-refractivity contribution in [1.82, 2.24) is 15.0 Å². The minimum atomic E-state index is -0.198. The van der Waals surface area contributed by atoms with Crippen LogP contribution in [0.3, 0.4) is 0 Å². The summed E-state index contributed by atoms with van der Waals surface area (Å²) in [6, 6.07) is 47.8. The molecule has 1 aliphatic carbocycles. The van der Waals surface area contributed by atoms with Gasteiger partial charge in [0.25, 0.3) is 0 Å². The molecule has 3 heterocycles. The Kier molecular flexibility index (Phi) is 5.93. The van der Waals surface area contributed by atoms with Crippen molar-refractivity contribution in [2.24, 2.45) is 0 Å². The number of hydrogen-bond acceptors (Lipinski definition) is 5. The molecule has 8 aromatic rings. The second-order valence-electron chi connectivity index (χ2n) is 12.4. The van der Waals surface area contributed by atoms with Gasteiger partial charge in [-0.05, 0) is 64.4 Å². The lowest BCUT2D eigenvalue weighted by Crippen LogP contribution is -2.22. The standard InChI is InChI=1S/C43H27N3O2/c1-2-11-27(12-3-1)41-44-42(30-20-21-33-32-14-6-8-16-36(32)47-38(33)24-30)46-43(45-41)35-23-31(29-19-18-26-10-4-5-13-28(26)22-29)25-39-40(35)34-15-7-9-17-37(34)48-39/h1-25,39-40H.